The van der Waals surface area contributed by atoms with Crippen molar-refractivity contribution in [2.75, 3.05) is 5.32 Å². The van der Waals surface area contributed by atoms with E-state index < -0.39 is 0 Å². The van der Waals surface area contributed by atoms with E-state index >= 15 is 0 Å². The van der Waals surface area contributed by atoms with Crippen molar-refractivity contribution in [2.45, 2.75) is 25.7 Å². The molecule has 28 heavy (non-hydrogen) atoms. The number of anilines is 1. The predicted molar refractivity (Wildman–Crippen MR) is 110 cm³/mol. The van der Waals surface area contributed by atoms with Crippen molar-refractivity contribution in [3.63, 3.8) is 0 Å². The molecular formula is C21H17BrN4O2. The Bertz CT molecular complexity index is 1190. The molecule has 1 saturated carbocycles. The summed E-state index contributed by atoms with van der Waals surface area (Å²) in [5, 5.41) is 7.31. The minimum absolute atomic E-state index is 0.203. The summed E-state index contributed by atoms with van der Waals surface area (Å²) in [4.78, 5) is 17.3. The monoisotopic (exact) mass is 436 g/mol. The summed E-state index contributed by atoms with van der Waals surface area (Å²) >= 11 is 3.43. The molecule has 0 aliphatic heterocycles. The Morgan fingerprint density at radius 2 is 2.00 bits per heavy atom. The number of fused-ring (bicyclic) bond motifs is 1. The van der Waals surface area contributed by atoms with Crippen LogP contribution in [-0.4, -0.2) is 20.7 Å². The van der Waals surface area contributed by atoms with Crippen molar-refractivity contribution in [1.82, 2.24) is 14.8 Å². The molecular weight excluding hydrogens is 420 g/mol. The fourth-order valence-electron chi connectivity index (χ4n) is 3.20. The lowest BCUT2D eigenvalue weighted by atomic mass is 10.2. The normalized spacial score (nSPS) is 13.8. The summed E-state index contributed by atoms with van der Waals surface area (Å²) in [6, 6.07) is 13.3. The van der Waals surface area contributed by atoms with Crippen LogP contribution in [0.3, 0.4) is 0 Å². The largest absolute Gasteiger partial charge is 0.440 e. The van der Waals surface area contributed by atoms with Crippen molar-refractivity contribution < 1.29 is 9.21 Å². The van der Waals surface area contributed by atoms with Gasteiger partial charge in [0.2, 0.25) is 0 Å². The van der Waals surface area contributed by atoms with Crippen LogP contribution < -0.4 is 5.32 Å². The molecule has 1 N–H and O–H groups in total. The maximum Gasteiger partial charge on any atom is 0.259 e. The number of carbonyl (C=O) groups excluding carboxylic acids is 1. The summed E-state index contributed by atoms with van der Waals surface area (Å²) in [7, 11) is 0. The highest BCUT2D eigenvalue weighted by molar-refractivity contribution is 9.10. The van der Waals surface area contributed by atoms with Gasteiger partial charge in [0.15, 0.2) is 11.5 Å². The SMILES string of the molecule is Cc1c(C(=O)Nc2ccc3oc(C4CC4)nc3c2)cnn1-c1ccc(Br)cc1. The number of oxazole rings is 1. The molecule has 0 radical (unpaired) electrons. The van der Waals surface area contributed by atoms with Gasteiger partial charge in [0.1, 0.15) is 5.52 Å². The number of carbonyl (C=O) groups is 1. The molecule has 1 fully saturated rings. The van der Waals surface area contributed by atoms with Gasteiger partial charge in [-0.25, -0.2) is 9.67 Å². The molecule has 1 aliphatic carbocycles. The number of aromatic nitrogens is 3. The van der Waals surface area contributed by atoms with Gasteiger partial charge in [-0.05, 0) is 62.2 Å². The first-order valence-corrected chi connectivity index (χ1v) is 9.90. The van der Waals surface area contributed by atoms with Crippen LogP contribution in [0.4, 0.5) is 5.69 Å². The van der Waals surface area contributed by atoms with Gasteiger partial charge in [-0.2, -0.15) is 5.10 Å². The number of rotatable bonds is 4. The highest BCUT2D eigenvalue weighted by Crippen LogP contribution is 2.40. The van der Waals surface area contributed by atoms with Crippen LogP contribution in [0.5, 0.6) is 0 Å². The average molecular weight is 437 g/mol. The average Bonchev–Trinajstić information content (AvgIpc) is 3.34. The zero-order chi connectivity index (χ0) is 19.3. The van der Waals surface area contributed by atoms with Crippen LogP contribution >= 0.6 is 15.9 Å². The number of nitrogens with zero attached hydrogens (tertiary/aromatic N) is 3. The van der Waals surface area contributed by atoms with Crippen LogP contribution in [0, 0.1) is 6.92 Å². The van der Waals surface area contributed by atoms with Gasteiger partial charge < -0.3 is 9.73 Å². The van der Waals surface area contributed by atoms with Crippen molar-refractivity contribution in [1.29, 1.82) is 0 Å². The van der Waals surface area contributed by atoms with E-state index in [2.05, 4.69) is 31.3 Å². The summed E-state index contributed by atoms with van der Waals surface area (Å²) < 4.78 is 8.52. The Morgan fingerprint density at radius 3 is 2.75 bits per heavy atom. The fraction of sp³-hybridized carbons (Fsp3) is 0.190. The molecule has 0 spiro atoms. The lowest BCUT2D eigenvalue weighted by molar-refractivity contribution is 0.102. The summed E-state index contributed by atoms with van der Waals surface area (Å²) in [5.41, 5.74) is 4.40. The van der Waals surface area contributed by atoms with Gasteiger partial charge in [0, 0.05) is 16.1 Å². The molecule has 2 heterocycles. The molecule has 2 aromatic heterocycles. The Morgan fingerprint density at radius 1 is 1.21 bits per heavy atom. The van der Waals surface area contributed by atoms with Crippen molar-refractivity contribution in [3.8, 4) is 5.69 Å². The van der Waals surface area contributed by atoms with Gasteiger partial charge in [-0.15, -0.1) is 0 Å². The Hall–Kier alpha value is -2.93. The van der Waals surface area contributed by atoms with Crippen LogP contribution in [0.25, 0.3) is 16.8 Å². The first kappa shape index (κ1) is 17.2. The van der Waals surface area contributed by atoms with Crippen LogP contribution in [0.15, 0.2) is 57.6 Å². The molecule has 140 valence electrons. The Balaban J connectivity index is 1.39. The van der Waals surface area contributed by atoms with E-state index in [0.717, 1.165) is 45.7 Å². The Labute approximate surface area is 169 Å². The molecule has 0 bridgehead atoms. The molecule has 2 aromatic carbocycles. The van der Waals surface area contributed by atoms with E-state index in [0.29, 0.717) is 17.2 Å². The van der Waals surface area contributed by atoms with E-state index in [9.17, 15) is 4.79 Å². The molecule has 0 saturated heterocycles. The smallest absolute Gasteiger partial charge is 0.259 e. The van der Waals surface area contributed by atoms with E-state index in [-0.39, 0.29) is 5.91 Å². The number of hydrogen-bond donors (Lipinski definition) is 1. The quantitative estimate of drug-likeness (QED) is 0.476. The summed E-state index contributed by atoms with van der Waals surface area (Å²) in [5.74, 6) is 1.05. The Kier molecular flexibility index (Phi) is 4.05. The molecule has 6 nitrogen and oxygen atoms in total. The maximum atomic E-state index is 12.8. The van der Waals surface area contributed by atoms with Gasteiger partial charge >= 0.3 is 0 Å². The minimum Gasteiger partial charge on any atom is -0.440 e. The predicted octanol–water partition coefficient (Wildman–Crippen LogP) is 5.21. The van der Waals surface area contributed by atoms with E-state index in [1.54, 1.807) is 10.9 Å². The molecule has 0 unspecified atom stereocenters. The molecule has 1 amide bonds. The lowest BCUT2D eigenvalue weighted by Crippen LogP contribution is -2.13. The molecule has 1 aliphatic rings. The van der Waals surface area contributed by atoms with Crippen molar-refractivity contribution in [3.05, 3.63) is 70.3 Å². The highest BCUT2D eigenvalue weighted by Gasteiger charge is 2.29. The second-order valence-electron chi connectivity index (χ2n) is 6.99. The van der Waals surface area contributed by atoms with Gasteiger partial charge in [0.25, 0.3) is 5.91 Å². The van der Waals surface area contributed by atoms with Gasteiger partial charge in [-0.1, -0.05) is 15.9 Å². The standard InChI is InChI=1S/C21H17BrN4O2/c1-12-17(11-23-26(12)16-7-4-14(22)5-8-16)20(27)24-15-6-9-19-18(10-15)25-21(28-19)13-2-3-13/h4-11,13H,2-3H2,1H3,(H,24,27). The fourth-order valence-corrected chi connectivity index (χ4v) is 3.47. The third kappa shape index (κ3) is 3.11. The molecule has 5 rings (SSSR count). The van der Waals surface area contributed by atoms with E-state index in [1.165, 1.54) is 0 Å². The van der Waals surface area contributed by atoms with E-state index in [1.807, 2.05) is 49.4 Å². The van der Waals surface area contributed by atoms with Gasteiger partial charge in [0.05, 0.1) is 23.1 Å². The van der Waals surface area contributed by atoms with Gasteiger partial charge in [-0.3, -0.25) is 4.79 Å². The second-order valence-corrected chi connectivity index (χ2v) is 7.91. The van der Waals surface area contributed by atoms with Crippen molar-refractivity contribution >= 4 is 38.6 Å². The van der Waals surface area contributed by atoms with Crippen molar-refractivity contribution in [2.24, 2.45) is 0 Å². The third-order valence-electron chi connectivity index (χ3n) is 4.91. The number of amides is 1. The van der Waals surface area contributed by atoms with Crippen LogP contribution in [-0.2, 0) is 0 Å². The van der Waals surface area contributed by atoms with E-state index in [4.69, 9.17) is 4.42 Å². The first-order valence-electron chi connectivity index (χ1n) is 9.11. The maximum absolute atomic E-state index is 12.8. The third-order valence-corrected chi connectivity index (χ3v) is 5.44. The molecule has 7 heteroatoms. The zero-order valence-corrected chi connectivity index (χ0v) is 16.7. The van der Waals surface area contributed by atoms with Crippen LogP contribution in [0.2, 0.25) is 0 Å². The summed E-state index contributed by atoms with van der Waals surface area (Å²) in [6.07, 6.45) is 3.86. The number of benzene rings is 2. The van der Waals surface area contributed by atoms with Crippen LogP contribution in [0.1, 0.15) is 40.7 Å². The molecule has 4 aromatic rings. The number of hydrogen-bond acceptors (Lipinski definition) is 4. The highest BCUT2D eigenvalue weighted by atomic mass is 79.9. The topological polar surface area (TPSA) is 73.0 Å². The zero-order valence-electron chi connectivity index (χ0n) is 15.1. The summed E-state index contributed by atoms with van der Waals surface area (Å²) in [6.45, 7) is 1.88. The lowest BCUT2D eigenvalue weighted by Gasteiger charge is -2.07. The number of nitrogens with one attached hydrogen (secondary N) is 1. The minimum atomic E-state index is -0.203. The number of halogens is 1. The second kappa shape index (κ2) is 6.60. The first-order chi connectivity index (χ1) is 13.6. The molecule has 0 atom stereocenters.